The van der Waals surface area contributed by atoms with Gasteiger partial charge in [0.2, 0.25) is 6.08 Å². The van der Waals surface area contributed by atoms with Gasteiger partial charge in [-0.2, -0.15) is 4.99 Å². The first kappa shape index (κ1) is 12.5. The van der Waals surface area contributed by atoms with Gasteiger partial charge in [-0.15, -0.1) is 0 Å². The van der Waals surface area contributed by atoms with E-state index in [0.29, 0.717) is 5.56 Å². The third kappa shape index (κ3) is 1.95. The number of hydrogen-bond donors (Lipinski definition) is 0. The number of esters is 1. The highest BCUT2D eigenvalue weighted by molar-refractivity contribution is 5.91. The lowest BCUT2D eigenvalue weighted by Crippen LogP contribution is -2.10. The topological polar surface area (TPSA) is 55.7 Å². The quantitative estimate of drug-likeness (QED) is 0.467. The molecule has 1 aromatic rings. The van der Waals surface area contributed by atoms with E-state index in [1.165, 1.54) is 7.11 Å². The first-order valence-corrected chi connectivity index (χ1v) is 5.83. The van der Waals surface area contributed by atoms with Crippen molar-refractivity contribution in [3.05, 3.63) is 34.4 Å². The van der Waals surface area contributed by atoms with Crippen molar-refractivity contribution >= 4 is 12.0 Å². The Morgan fingerprint density at radius 2 is 2.00 bits per heavy atom. The maximum absolute atomic E-state index is 11.7. The minimum atomic E-state index is -0.456. The summed E-state index contributed by atoms with van der Waals surface area (Å²) in [6.45, 7) is 3.83. The van der Waals surface area contributed by atoms with Crippen molar-refractivity contribution in [3.8, 4) is 0 Å². The second-order valence-electron chi connectivity index (χ2n) is 4.71. The van der Waals surface area contributed by atoms with Gasteiger partial charge in [-0.05, 0) is 49.4 Å². The molecular formula is C14H15NO3. The van der Waals surface area contributed by atoms with Gasteiger partial charge < -0.3 is 4.74 Å². The molecule has 0 saturated heterocycles. The molecule has 1 aliphatic rings. The highest BCUT2D eigenvalue weighted by atomic mass is 16.5. The van der Waals surface area contributed by atoms with Gasteiger partial charge in [0.05, 0.1) is 18.2 Å². The van der Waals surface area contributed by atoms with Gasteiger partial charge in [-0.1, -0.05) is 6.07 Å². The Hall–Kier alpha value is -1.93. The van der Waals surface area contributed by atoms with E-state index < -0.39 is 5.54 Å². The molecule has 0 aromatic heterocycles. The van der Waals surface area contributed by atoms with Gasteiger partial charge in [0, 0.05) is 0 Å². The number of aryl methyl sites for hydroxylation is 2. The largest absolute Gasteiger partial charge is 0.465 e. The Kier molecular flexibility index (Phi) is 3.05. The van der Waals surface area contributed by atoms with E-state index in [9.17, 15) is 9.59 Å². The van der Waals surface area contributed by atoms with Crippen molar-refractivity contribution < 1.29 is 14.3 Å². The number of ether oxygens (including phenoxy) is 1. The molecule has 0 bridgehead atoms. The molecule has 4 nitrogen and oxygen atoms in total. The Morgan fingerprint density at radius 1 is 1.33 bits per heavy atom. The zero-order chi connectivity index (χ0) is 13.3. The minimum absolute atomic E-state index is 0.361. The Labute approximate surface area is 106 Å². The molecule has 94 valence electrons. The number of nitrogens with zero attached hydrogens (tertiary/aromatic N) is 1. The van der Waals surface area contributed by atoms with Gasteiger partial charge in [-0.25, -0.2) is 9.59 Å². The zero-order valence-corrected chi connectivity index (χ0v) is 10.7. The molecule has 1 saturated carbocycles. The normalized spacial score (nSPS) is 15.7. The van der Waals surface area contributed by atoms with E-state index in [1.807, 2.05) is 19.9 Å². The monoisotopic (exact) mass is 245 g/mol. The van der Waals surface area contributed by atoms with Gasteiger partial charge in [0.15, 0.2) is 0 Å². The SMILES string of the molecule is COC(=O)c1cc(C2(N=C=O)CC2)c(C)cc1C. The predicted molar refractivity (Wildman–Crippen MR) is 66.3 cm³/mol. The minimum Gasteiger partial charge on any atom is -0.465 e. The van der Waals surface area contributed by atoms with Crippen LogP contribution in [-0.4, -0.2) is 19.2 Å². The molecule has 1 aliphatic carbocycles. The van der Waals surface area contributed by atoms with E-state index in [0.717, 1.165) is 29.5 Å². The summed E-state index contributed by atoms with van der Waals surface area (Å²) < 4.78 is 4.76. The van der Waals surface area contributed by atoms with E-state index in [1.54, 1.807) is 12.1 Å². The van der Waals surface area contributed by atoms with Crippen molar-refractivity contribution in [1.29, 1.82) is 0 Å². The summed E-state index contributed by atoms with van der Waals surface area (Å²) in [5.74, 6) is -0.361. The van der Waals surface area contributed by atoms with Gasteiger partial charge >= 0.3 is 5.97 Å². The molecule has 0 radical (unpaired) electrons. The summed E-state index contributed by atoms with van der Waals surface area (Å²) in [6, 6.07) is 3.73. The number of aliphatic imine (C=N–C) groups is 1. The van der Waals surface area contributed by atoms with Crippen molar-refractivity contribution in [2.24, 2.45) is 4.99 Å². The smallest absolute Gasteiger partial charge is 0.338 e. The second kappa shape index (κ2) is 4.39. The zero-order valence-electron chi connectivity index (χ0n) is 10.7. The lowest BCUT2D eigenvalue weighted by molar-refractivity contribution is 0.0600. The molecular weight excluding hydrogens is 230 g/mol. The number of carbonyl (C=O) groups is 1. The number of carbonyl (C=O) groups excluding carboxylic acids is 2. The standard InChI is InChI=1S/C14H15NO3/c1-9-6-10(2)12(7-11(9)13(17)18-3)14(4-5-14)15-8-16/h6-7H,4-5H2,1-3H3. The van der Waals surface area contributed by atoms with E-state index in [4.69, 9.17) is 4.74 Å². The van der Waals surface area contributed by atoms with Gasteiger partial charge in [0.25, 0.3) is 0 Å². The van der Waals surface area contributed by atoms with E-state index in [2.05, 4.69) is 4.99 Å². The third-order valence-corrected chi connectivity index (χ3v) is 3.46. The summed E-state index contributed by atoms with van der Waals surface area (Å²) in [5, 5.41) is 0. The van der Waals surface area contributed by atoms with Crippen molar-refractivity contribution in [3.63, 3.8) is 0 Å². The molecule has 0 heterocycles. The fourth-order valence-corrected chi connectivity index (χ4v) is 2.33. The lowest BCUT2D eigenvalue weighted by Gasteiger charge is -2.15. The predicted octanol–water partition coefficient (Wildman–Crippen LogP) is 2.41. The van der Waals surface area contributed by atoms with Gasteiger partial charge in [0.1, 0.15) is 0 Å². The fourth-order valence-electron chi connectivity index (χ4n) is 2.33. The van der Waals surface area contributed by atoms with E-state index >= 15 is 0 Å². The van der Waals surface area contributed by atoms with Crippen molar-refractivity contribution in [2.45, 2.75) is 32.2 Å². The Bertz CT molecular complexity index is 552. The average Bonchev–Trinajstić information content (AvgIpc) is 3.09. The van der Waals surface area contributed by atoms with Crippen LogP contribution < -0.4 is 0 Å². The van der Waals surface area contributed by atoms with Crippen LogP contribution in [0.5, 0.6) is 0 Å². The Balaban J connectivity index is 2.55. The third-order valence-electron chi connectivity index (χ3n) is 3.46. The van der Waals surface area contributed by atoms with Crippen molar-refractivity contribution in [1.82, 2.24) is 0 Å². The summed E-state index contributed by atoms with van der Waals surface area (Å²) >= 11 is 0. The van der Waals surface area contributed by atoms with Crippen LogP contribution in [0.2, 0.25) is 0 Å². The van der Waals surface area contributed by atoms with Crippen LogP contribution >= 0.6 is 0 Å². The van der Waals surface area contributed by atoms with Crippen LogP contribution in [0.3, 0.4) is 0 Å². The van der Waals surface area contributed by atoms with Gasteiger partial charge in [-0.3, -0.25) is 0 Å². The lowest BCUT2D eigenvalue weighted by atomic mass is 9.94. The average molecular weight is 245 g/mol. The number of rotatable bonds is 3. The van der Waals surface area contributed by atoms with E-state index in [-0.39, 0.29) is 5.97 Å². The van der Waals surface area contributed by atoms with Crippen LogP contribution in [-0.2, 0) is 15.1 Å². The molecule has 0 spiro atoms. The molecule has 0 amide bonds. The highest BCUT2D eigenvalue weighted by Crippen LogP contribution is 2.50. The second-order valence-corrected chi connectivity index (χ2v) is 4.71. The maximum atomic E-state index is 11.7. The number of benzene rings is 1. The molecule has 18 heavy (non-hydrogen) atoms. The maximum Gasteiger partial charge on any atom is 0.338 e. The van der Waals surface area contributed by atoms with Crippen LogP contribution in [0.15, 0.2) is 17.1 Å². The fraction of sp³-hybridized carbons (Fsp3) is 0.429. The summed E-state index contributed by atoms with van der Waals surface area (Å²) in [4.78, 5) is 26.1. The highest BCUT2D eigenvalue weighted by Gasteiger charge is 2.46. The first-order valence-electron chi connectivity index (χ1n) is 5.83. The molecule has 0 unspecified atom stereocenters. The molecule has 0 atom stereocenters. The number of methoxy groups -OCH3 is 1. The van der Waals surface area contributed by atoms with Crippen LogP contribution in [0.4, 0.5) is 0 Å². The molecule has 0 aliphatic heterocycles. The first-order chi connectivity index (χ1) is 8.54. The Morgan fingerprint density at radius 3 is 2.50 bits per heavy atom. The molecule has 1 fully saturated rings. The summed E-state index contributed by atoms with van der Waals surface area (Å²) in [6.07, 6.45) is 3.28. The molecule has 2 rings (SSSR count). The van der Waals surface area contributed by atoms with Crippen LogP contribution in [0.1, 0.15) is 39.9 Å². The molecule has 0 N–H and O–H groups in total. The summed E-state index contributed by atoms with van der Waals surface area (Å²) in [7, 11) is 1.36. The number of isocyanates is 1. The van der Waals surface area contributed by atoms with Crippen LogP contribution in [0.25, 0.3) is 0 Å². The molecule has 1 aromatic carbocycles. The molecule has 4 heteroatoms. The summed E-state index contributed by atoms with van der Waals surface area (Å²) in [5.41, 5.74) is 2.91. The van der Waals surface area contributed by atoms with Crippen molar-refractivity contribution in [2.75, 3.05) is 7.11 Å². The number of hydrogen-bond acceptors (Lipinski definition) is 4. The van der Waals surface area contributed by atoms with Crippen LogP contribution in [0, 0.1) is 13.8 Å².